The number of aromatic hydroxyl groups is 1. The number of rotatable bonds is 0. The molecule has 0 aliphatic carbocycles. The van der Waals surface area contributed by atoms with E-state index in [1.54, 1.807) is 12.1 Å². The summed E-state index contributed by atoms with van der Waals surface area (Å²) in [4.78, 5) is 14.3. The first kappa shape index (κ1) is 15.7. The first-order chi connectivity index (χ1) is 9.67. The van der Waals surface area contributed by atoms with Crippen molar-refractivity contribution in [1.29, 1.82) is 0 Å². The third-order valence-electron chi connectivity index (χ3n) is 3.77. The summed E-state index contributed by atoms with van der Waals surface area (Å²) in [7, 11) is 0. The molecule has 0 saturated carbocycles. The number of phenols is 1. The minimum absolute atomic E-state index is 0.0397. The molecule has 1 amide bonds. The number of benzene rings is 1. The number of amides is 1. The molecule has 1 aliphatic heterocycles. The maximum absolute atomic E-state index is 12.5. The molecule has 1 heterocycles. The maximum atomic E-state index is 12.5. The molecule has 1 aromatic carbocycles. The lowest BCUT2D eigenvalue weighted by Gasteiger charge is -2.34. The molecule has 0 fully saturated rings. The zero-order chi connectivity index (χ0) is 15.8. The second-order valence-electron chi connectivity index (χ2n) is 6.95. The summed E-state index contributed by atoms with van der Waals surface area (Å²) >= 11 is 0. The van der Waals surface area contributed by atoms with Crippen LogP contribution in [0.3, 0.4) is 0 Å². The highest BCUT2D eigenvalue weighted by atomic mass is 16.6. The third kappa shape index (κ3) is 3.69. The van der Waals surface area contributed by atoms with Crippen LogP contribution in [0.25, 0.3) is 0 Å². The normalized spacial score (nSPS) is 22.4. The molecule has 0 saturated heterocycles. The fourth-order valence-corrected chi connectivity index (χ4v) is 2.94. The summed E-state index contributed by atoms with van der Waals surface area (Å²) in [5.41, 5.74) is 1.81. The quantitative estimate of drug-likeness (QED) is 0.796. The van der Waals surface area contributed by atoms with Crippen LogP contribution in [0.1, 0.15) is 45.7 Å². The van der Waals surface area contributed by atoms with Crippen LogP contribution >= 0.6 is 0 Å². The first-order valence-corrected chi connectivity index (χ1v) is 7.49. The lowest BCUT2D eigenvalue weighted by molar-refractivity contribution is 0.00963. The van der Waals surface area contributed by atoms with Crippen LogP contribution in [0.5, 0.6) is 5.75 Å². The molecule has 1 N–H and O–H groups in total. The predicted octanol–water partition coefficient (Wildman–Crippen LogP) is 3.50. The Morgan fingerprint density at radius 1 is 1.19 bits per heavy atom. The molecule has 21 heavy (non-hydrogen) atoms. The molecule has 2 unspecified atom stereocenters. The van der Waals surface area contributed by atoms with E-state index in [-0.39, 0.29) is 23.9 Å². The number of hydrogen-bond donors (Lipinski definition) is 1. The Morgan fingerprint density at radius 2 is 1.76 bits per heavy atom. The second kappa shape index (κ2) is 5.58. The standard InChI is InChI=1S/C17H25NO3/c1-11-8-13-6-7-15(19)10-14(13)9-12(2)18(11)16(20)21-17(3,4)5/h6-7,10-12,19H,8-9H2,1-5H3. The van der Waals surface area contributed by atoms with Gasteiger partial charge in [-0.2, -0.15) is 0 Å². The molecule has 4 nitrogen and oxygen atoms in total. The Labute approximate surface area is 126 Å². The van der Waals surface area contributed by atoms with E-state index in [2.05, 4.69) is 0 Å². The molecule has 0 radical (unpaired) electrons. The van der Waals surface area contributed by atoms with Crippen LogP contribution in [0.4, 0.5) is 4.79 Å². The van der Waals surface area contributed by atoms with Gasteiger partial charge in [0, 0.05) is 12.1 Å². The highest BCUT2D eigenvalue weighted by Gasteiger charge is 2.32. The predicted molar refractivity (Wildman–Crippen MR) is 82.5 cm³/mol. The van der Waals surface area contributed by atoms with Gasteiger partial charge < -0.3 is 14.7 Å². The van der Waals surface area contributed by atoms with Crippen LogP contribution in [0.2, 0.25) is 0 Å². The van der Waals surface area contributed by atoms with E-state index in [9.17, 15) is 9.90 Å². The third-order valence-corrected chi connectivity index (χ3v) is 3.77. The highest BCUT2D eigenvalue weighted by molar-refractivity contribution is 5.69. The van der Waals surface area contributed by atoms with Gasteiger partial charge in [0.15, 0.2) is 0 Å². The Bertz CT molecular complexity index is 533. The van der Waals surface area contributed by atoms with E-state index in [0.717, 1.165) is 18.4 Å². The number of fused-ring (bicyclic) bond motifs is 1. The van der Waals surface area contributed by atoms with Gasteiger partial charge in [0.25, 0.3) is 0 Å². The van der Waals surface area contributed by atoms with E-state index in [1.165, 1.54) is 5.56 Å². The summed E-state index contributed by atoms with van der Waals surface area (Å²) in [6.07, 6.45) is 1.24. The van der Waals surface area contributed by atoms with Crippen molar-refractivity contribution in [3.63, 3.8) is 0 Å². The number of carbonyl (C=O) groups excluding carboxylic acids is 1. The van der Waals surface area contributed by atoms with Crippen molar-refractivity contribution < 1.29 is 14.6 Å². The summed E-state index contributed by atoms with van der Waals surface area (Å²) in [6, 6.07) is 5.57. The van der Waals surface area contributed by atoms with Crippen molar-refractivity contribution in [3.05, 3.63) is 29.3 Å². The number of ether oxygens (including phenoxy) is 1. The SMILES string of the molecule is CC1Cc2ccc(O)cc2CC(C)N1C(=O)OC(C)(C)C. The zero-order valence-corrected chi connectivity index (χ0v) is 13.5. The van der Waals surface area contributed by atoms with Gasteiger partial charge in [-0.15, -0.1) is 0 Å². The molecular formula is C17H25NO3. The van der Waals surface area contributed by atoms with Crippen molar-refractivity contribution in [3.8, 4) is 5.75 Å². The van der Waals surface area contributed by atoms with Crippen molar-refractivity contribution in [2.24, 2.45) is 0 Å². The number of phenolic OH excluding ortho intramolecular Hbond substituents is 1. The van der Waals surface area contributed by atoms with Gasteiger partial charge in [-0.05, 0) is 70.7 Å². The van der Waals surface area contributed by atoms with E-state index in [4.69, 9.17) is 4.74 Å². The number of hydrogen-bond acceptors (Lipinski definition) is 3. The lowest BCUT2D eigenvalue weighted by Crippen LogP contribution is -2.47. The fraction of sp³-hybridized carbons (Fsp3) is 0.588. The zero-order valence-electron chi connectivity index (χ0n) is 13.5. The van der Waals surface area contributed by atoms with E-state index < -0.39 is 5.60 Å². The molecule has 0 bridgehead atoms. The van der Waals surface area contributed by atoms with Crippen molar-refractivity contribution in [2.45, 2.75) is 65.1 Å². The minimum atomic E-state index is -0.492. The molecule has 1 aliphatic rings. The largest absolute Gasteiger partial charge is 0.508 e. The van der Waals surface area contributed by atoms with E-state index in [0.29, 0.717) is 0 Å². The second-order valence-corrected chi connectivity index (χ2v) is 6.95. The Hall–Kier alpha value is -1.71. The Morgan fingerprint density at radius 3 is 2.33 bits per heavy atom. The summed E-state index contributed by atoms with van der Waals surface area (Å²) in [5, 5.41) is 9.65. The molecular weight excluding hydrogens is 266 g/mol. The van der Waals surface area contributed by atoms with Crippen LogP contribution in [0, 0.1) is 0 Å². The molecule has 0 spiro atoms. The molecule has 4 heteroatoms. The van der Waals surface area contributed by atoms with Gasteiger partial charge >= 0.3 is 6.09 Å². The van der Waals surface area contributed by atoms with Gasteiger partial charge in [0.05, 0.1) is 0 Å². The first-order valence-electron chi connectivity index (χ1n) is 7.49. The monoisotopic (exact) mass is 291 g/mol. The van der Waals surface area contributed by atoms with Gasteiger partial charge in [-0.1, -0.05) is 6.07 Å². The highest BCUT2D eigenvalue weighted by Crippen LogP contribution is 2.27. The molecule has 0 aromatic heterocycles. The number of nitrogens with zero attached hydrogens (tertiary/aromatic N) is 1. The Kier molecular flexibility index (Phi) is 4.17. The fourth-order valence-electron chi connectivity index (χ4n) is 2.94. The Balaban J connectivity index is 2.25. The molecule has 2 atom stereocenters. The van der Waals surface area contributed by atoms with E-state index in [1.807, 2.05) is 45.6 Å². The van der Waals surface area contributed by atoms with Gasteiger partial charge in [-0.25, -0.2) is 4.79 Å². The van der Waals surface area contributed by atoms with Crippen LogP contribution in [0.15, 0.2) is 18.2 Å². The average Bonchev–Trinajstić information content (AvgIpc) is 2.41. The molecule has 2 rings (SSSR count). The lowest BCUT2D eigenvalue weighted by atomic mass is 9.99. The van der Waals surface area contributed by atoms with Crippen LogP contribution in [-0.4, -0.2) is 33.8 Å². The van der Waals surface area contributed by atoms with Crippen LogP contribution < -0.4 is 0 Å². The summed E-state index contributed by atoms with van der Waals surface area (Å²) in [5.74, 6) is 0.277. The van der Waals surface area contributed by atoms with Crippen molar-refractivity contribution in [2.75, 3.05) is 0 Å². The minimum Gasteiger partial charge on any atom is -0.508 e. The maximum Gasteiger partial charge on any atom is 0.410 e. The van der Waals surface area contributed by atoms with Gasteiger partial charge in [0.1, 0.15) is 11.4 Å². The van der Waals surface area contributed by atoms with Crippen LogP contribution in [-0.2, 0) is 17.6 Å². The van der Waals surface area contributed by atoms with Crippen molar-refractivity contribution in [1.82, 2.24) is 4.90 Å². The molecule has 116 valence electrons. The average molecular weight is 291 g/mol. The van der Waals surface area contributed by atoms with E-state index >= 15 is 0 Å². The molecule has 1 aromatic rings. The topological polar surface area (TPSA) is 49.8 Å². The van der Waals surface area contributed by atoms with Crippen molar-refractivity contribution >= 4 is 6.09 Å². The summed E-state index contributed by atoms with van der Waals surface area (Å²) < 4.78 is 5.53. The summed E-state index contributed by atoms with van der Waals surface area (Å²) in [6.45, 7) is 9.71. The smallest absolute Gasteiger partial charge is 0.410 e. The van der Waals surface area contributed by atoms with Gasteiger partial charge in [0.2, 0.25) is 0 Å². The number of carbonyl (C=O) groups is 1. The van der Waals surface area contributed by atoms with Gasteiger partial charge in [-0.3, -0.25) is 0 Å².